The molecule has 1 heterocycles. The SMILES string of the molecule is CC(=O)c1sc(NCc2cccc(F)c2)c(C2CC2)c1N. The first-order valence-electron chi connectivity index (χ1n) is 6.97. The average Bonchev–Trinajstić information content (AvgIpc) is 3.20. The molecule has 0 atom stereocenters. The summed E-state index contributed by atoms with van der Waals surface area (Å²) in [6, 6.07) is 6.50. The number of nitrogens with two attached hydrogens (primary N) is 1. The Labute approximate surface area is 127 Å². The van der Waals surface area contributed by atoms with Crippen molar-refractivity contribution in [2.24, 2.45) is 0 Å². The van der Waals surface area contributed by atoms with Crippen molar-refractivity contribution in [3.05, 3.63) is 46.1 Å². The number of rotatable bonds is 5. The Hall–Kier alpha value is -1.88. The average molecular weight is 304 g/mol. The first-order chi connectivity index (χ1) is 10.1. The van der Waals surface area contributed by atoms with Crippen molar-refractivity contribution in [2.75, 3.05) is 11.1 Å². The molecule has 3 rings (SSSR count). The molecule has 1 saturated carbocycles. The van der Waals surface area contributed by atoms with Gasteiger partial charge in [0.2, 0.25) is 0 Å². The van der Waals surface area contributed by atoms with Gasteiger partial charge < -0.3 is 11.1 Å². The molecule has 21 heavy (non-hydrogen) atoms. The zero-order valence-corrected chi connectivity index (χ0v) is 12.6. The van der Waals surface area contributed by atoms with E-state index in [1.165, 1.54) is 30.4 Å². The van der Waals surface area contributed by atoms with Crippen molar-refractivity contribution in [2.45, 2.75) is 32.2 Å². The maximum absolute atomic E-state index is 13.2. The van der Waals surface area contributed by atoms with Crippen LogP contribution in [0.15, 0.2) is 24.3 Å². The molecule has 2 aromatic rings. The fourth-order valence-electron chi connectivity index (χ4n) is 2.46. The lowest BCUT2D eigenvalue weighted by Crippen LogP contribution is -2.01. The highest BCUT2D eigenvalue weighted by Crippen LogP contribution is 2.50. The standard InChI is InChI=1S/C16H17FN2OS/c1-9(20)15-14(18)13(11-5-6-11)16(21-15)19-8-10-3-2-4-12(17)7-10/h2-4,7,11,19H,5-6,8,18H2,1H3. The molecule has 5 heteroatoms. The Morgan fingerprint density at radius 3 is 2.86 bits per heavy atom. The molecule has 0 unspecified atom stereocenters. The van der Waals surface area contributed by atoms with Crippen LogP contribution in [0.1, 0.15) is 46.5 Å². The topological polar surface area (TPSA) is 55.1 Å². The van der Waals surface area contributed by atoms with E-state index in [1.807, 2.05) is 6.07 Å². The maximum Gasteiger partial charge on any atom is 0.171 e. The second kappa shape index (κ2) is 5.48. The number of hydrogen-bond acceptors (Lipinski definition) is 4. The number of nitrogens with one attached hydrogen (secondary N) is 1. The number of halogens is 1. The summed E-state index contributed by atoms with van der Waals surface area (Å²) in [5, 5.41) is 4.26. The number of Topliss-reactive ketones (excluding diaryl/α,β-unsaturated/α-hetero) is 1. The smallest absolute Gasteiger partial charge is 0.171 e. The Morgan fingerprint density at radius 1 is 1.48 bits per heavy atom. The molecular weight excluding hydrogens is 287 g/mol. The third-order valence-corrected chi connectivity index (χ3v) is 4.91. The van der Waals surface area contributed by atoms with Gasteiger partial charge in [-0.25, -0.2) is 4.39 Å². The van der Waals surface area contributed by atoms with Crippen LogP contribution in [0.2, 0.25) is 0 Å². The molecule has 1 aromatic carbocycles. The molecule has 1 aliphatic rings. The monoisotopic (exact) mass is 304 g/mol. The first-order valence-corrected chi connectivity index (χ1v) is 7.79. The van der Waals surface area contributed by atoms with E-state index in [1.54, 1.807) is 6.07 Å². The minimum absolute atomic E-state index is 0.00166. The van der Waals surface area contributed by atoms with Gasteiger partial charge in [0, 0.05) is 19.0 Å². The van der Waals surface area contributed by atoms with Crippen molar-refractivity contribution in [3.63, 3.8) is 0 Å². The van der Waals surface area contributed by atoms with Gasteiger partial charge in [-0.05, 0) is 36.5 Å². The van der Waals surface area contributed by atoms with E-state index in [9.17, 15) is 9.18 Å². The fourth-order valence-corrected chi connectivity index (χ4v) is 3.55. The summed E-state index contributed by atoms with van der Waals surface area (Å²) >= 11 is 1.41. The fraction of sp³-hybridized carbons (Fsp3) is 0.312. The number of thiophene rings is 1. The summed E-state index contributed by atoms with van der Waals surface area (Å²) < 4.78 is 13.2. The van der Waals surface area contributed by atoms with E-state index in [2.05, 4.69) is 5.32 Å². The normalized spacial score (nSPS) is 14.2. The second-order valence-corrected chi connectivity index (χ2v) is 6.42. The largest absolute Gasteiger partial charge is 0.397 e. The Morgan fingerprint density at radius 2 is 2.24 bits per heavy atom. The van der Waals surface area contributed by atoms with Gasteiger partial charge >= 0.3 is 0 Å². The van der Waals surface area contributed by atoms with Gasteiger partial charge in [0.1, 0.15) is 5.82 Å². The molecule has 0 bridgehead atoms. The van der Waals surface area contributed by atoms with E-state index >= 15 is 0 Å². The molecule has 0 amide bonds. The van der Waals surface area contributed by atoms with Crippen LogP contribution >= 0.6 is 11.3 Å². The van der Waals surface area contributed by atoms with E-state index in [0.717, 1.165) is 29.0 Å². The van der Waals surface area contributed by atoms with Crippen LogP contribution in [0.5, 0.6) is 0 Å². The van der Waals surface area contributed by atoms with Crippen LogP contribution in [-0.2, 0) is 6.54 Å². The summed E-state index contributed by atoms with van der Waals surface area (Å²) in [7, 11) is 0. The molecule has 3 nitrogen and oxygen atoms in total. The van der Waals surface area contributed by atoms with Crippen molar-refractivity contribution < 1.29 is 9.18 Å². The van der Waals surface area contributed by atoms with Gasteiger partial charge in [-0.1, -0.05) is 12.1 Å². The molecule has 110 valence electrons. The molecule has 0 spiro atoms. The maximum atomic E-state index is 13.2. The van der Waals surface area contributed by atoms with Gasteiger partial charge in [0.25, 0.3) is 0 Å². The molecule has 3 N–H and O–H groups in total. The summed E-state index contributed by atoms with van der Waals surface area (Å²) in [6.45, 7) is 2.06. The zero-order chi connectivity index (χ0) is 15.0. The van der Waals surface area contributed by atoms with Crippen molar-refractivity contribution in [3.8, 4) is 0 Å². The highest BCUT2D eigenvalue weighted by molar-refractivity contribution is 7.18. The molecule has 1 aliphatic carbocycles. The number of carbonyl (C=O) groups is 1. The van der Waals surface area contributed by atoms with Crippen LogP contribution in [0.25, 0.3) is 0 Å². The van der Waals surface area contributed by atoms with E-state index < -0.39 is 0 Å². The van der Waals surface area contributed by atoms with E-state index in [4.69, 9.17) is 5.73 Å². The summed E-state index contributed by atoms with van der Waals surface area (Å²) in [5.74, 6) is 0.217. The third kappa shape index (κ3) is 2.93. The summed E-state index contributed by atoms with van der Waals surface area (Å²) in [5.41, 5.74) is 8.69. The van der Waals surface area contributed by atoms with Crippen LogP contribution in [0.3, 0.4) is 0 Å². The minimum Gasteiger partial charge on any atom is -0.397 e. The second-order valence-electron chi connectivity index (χ2n) is 5.40. The lowest BCUT2D eigenvalue weighted by Gasteiger charge is -2.07. The zero-order valence-electron chi connectivity index (χ0n) is 11.8. The first kappa shape index (κ1) is 14.1. The Balaban J connectivity index is 1.84. The number of ketones is 1. The molecule has 0 saturated heterocycles. The van der Waals surface area contributed by atoms with Crippen LogP contribution < -0.4 is 11.1 Å². The third-order valence-electron chi connectivity index (χ3n) is 3.63. The number of carbonyl (C=O) groups excluding carboxylic acids is 1. The van der Waals surface area contributed by atoms with Crippen LogP contribution in [0.4, 0.5) is 15.1 Å². The Bertz CT molecular complexity index is 692. The predicted molar refractivity (Wildman–Crippen MR) is 84.4 cm³/mol. The van der Waals surface area contributed by atoms with Crippen molar-refractivity contribution in [1.29, 1.82) is 0 Å². The molecular formula is C16H17FN2OS. The number of nitrogen functional groups attached to an aromatic ring is 1. The highest BCUT2D eigenvalue weighted by Gasteiger charge is 2.32. The molecule has 1 aromatic heterocycles. The lowest BCUT2D eigenvalue weighted by atomic mass is 10.1. The van der Waals surface area contributed by atoms with Gasteiger partial charge in [-0.3, -0.25) is 4.79 Å². The summed E-state index contributed by atoms with van der Waals surface area (Å²) in [6.07, 6.45) is 2.24. The predicted octanol–water partition coefficient (Wildman–Crippen LogP) is 4.16. The molecule has 1 fully saturated rings. The van der Waals surface area contributed by atoms with Gasteiger partial charge in [-0.15, -0.1) is 11.3 Å². The van der Waals surface area contributed by atoms with Gasteiger partial charge in [0.15, 0.2) is 5.78 Å². The van der Waals surface area contributed by atoms with Crippen LogP contribution in [0, 0.1) is 5.82 Å². The minimum atomic E-state index is -0.244. The lowest BCUT2D eigenvalue weighted by molar-refractivity contribution is 0.102. The van der Waals surface area contributed by atoms with E-state index in [-0.39, 0.29) is 11.6 Å². The van der Waals surface area contributed by atoms with Gasteiger partial charge in [-0.2, -0.15) is 0 Å². The molecule has 0 aliphatic heterocycles. The van der Waals surface area contributed by atoms with Crippen molar-refractivity contribution in [1.82, 2.24) is 0 Å². The Kier molecular flexibility index (Phi) is 3.68. The highest BCUT2D eigenvalue weighted by atomic mass is 32.1. The quantitative estimate of drug-likeness (QED) is 0.815. The van der Waals surface area contributed by atoms with Crippen LogP contribution in [-0.4, -0.2) is 5.78 Å². The molecule has 0 radical (unpaired) electrons. The number of hydrogen-bond donors (Lipinski definition) is 2. The van der Waals surface area contributed by atoms with Gasteiger partial charge in [0.05, 0.1) is 15.6 Å². The summed E-state index contributed by atoms with van der Waals surface area (Å²) in [4.78, 5) is 12.3. The number of benzene rings is 1. The number of anilines is 2. The van der Waals surface area contributed by atoms with E-state index in [0.29, 0.717) is 23.0 Å². The van der Waals surface area contributed by atoms with Crippen molar-refractivity contribution >= 4 is 27.8 Å².